The van der Waals surface area contributed by atoms with Crippen molar-refractivity contribution >= 4 is 9.84 Å². The van der Waals surface area contributed by atoms with Crippen LogP contribution in [0, 0.1) is 0 Å². The molecule has 0 fully saturated rings. The first-order valence-corrected chi connectivity index (χ1v) is 8.58. The number of halogens is 3. The highest BCUT2D eigenvalue weighted by Crippen LogP contribution is 2.29. The molecule has 0 radical (unpaired) electrons. The van der Waals surface area contributed by atoms with Crippen molar-refractivity contribution in [3.05, 3.63) is 35.4 Å². The van der Waals surface area contributed by atoms with Crippen molar-refractivity contribution in [3.63, 3.8) is 0 Å². The van der Waals surface area contributed by atoms with Crippen molar-refractivity contribution in [2.75, 3.05) is 11.5 Å². The molecule has 120 valence electrons. The quantitative estimate of drug-likeness (QED) is 0.839. The summed E-state index contributed by atoms with van der Waals surface area (Å²) >= 11 is 0. The zero-order valence-electron chi connectivity index (χ0n) is 11.9. The summed E-state index contributed by atoms with van der Waals surface area (Å²) in [4.78, 5) is 0. The Morgan fingerprint density at radius 2 is 1.76 bits per heavy atom. The van der Waals surface area contributed by atoms with Crippen molar-refractivity contribution < 1.29 is 21.6 Å². The van der Waals surface area contributed by atoms with E-state index in [9.17, 15) is 21.6 Å². The largest absolute Gasteiger partial charge is 0.416 e. The van der Waals surface area contributed by atoms with Gasteiger partial charge in [-0.2, -0.15) is 13.2 Å². The van der Waals surface area contributed by atoms with Gasteiger partial charge in [0.15, 0.2) is 0 Å². The van der Waals surface area contributed by atoms with Crippen LogP contribution in [0.15, 0.2) is 24.3 Å². The van der Waals surface area contributed by atoms with Gasteiger partial charge in [-0.1, -0.05) is 19.1 Å². The molecule has 0 aromatic heterocycles. The monoisotopic (exact) mass is 323 g/mol. The molecule has 7 heteroatoms. The fourth-order valence-electron chi connectivity index (χ4n) is 1.94. The Morgan fingerprint density at radius 3 is 2.24 bits per heavy atom. The Morgan fingerprint density at radius 1 is 1.19 bits per heavy atom. The van der Waals surface area contributed by atoms with Gasteiger partial charge in [0.1, 0.15) is 9.84 Å². The van der Waals surface area contributed by atoms with Crippen LogP contribution in [-0.2, 0) is 22.4 Å². The molecule has 1 aromatic rings. The first kappa shape index (κ1) is 18.0. The van der Waals surface area contributed by atoms with E-state index in [2.05, 4.69) is 0 Å². The van der Waals surface area contributed by atoms with Gasteiger partial charge < -0.3 is 5.73 Å². The third-order valence-electron chi connectivity index (χ3n) is 3.25. The normalized spacial score (nSPS) is 14.1. The number of rotatable bonds is 7. The van der Waals surface area contributed by atoms with Crippen molar-refractivity contribution in [2.24, 2.45) is 5.73 Å². The van der Waals surface area contributed by atoms with Crippen molar-refractivity contribution in [2.45, 2.75) is 38.4 Å². The van der Waals surface area contributed by atoms with Crippen LogP contribution in [0.3, 0.4) is 0 Å². The van der Waals surface area contributed by atoms with Gasteiger partial charge in [-0.15, -0.1) is 0 Å². The van der Waals surface area contributed by atoms with Gasteiger partial charge in [0.05, 0.1) is 11.3 Å². The minimum Gasteiger partial charge on any atom is -0.327 e. The Kier molecular flexibility index (Phi) is 6.22. The van der Waals surface area contributed by atoms with Crippen LogP contribution in [0.1, 0.15) is 30.9 Å². The van der Waals surface area contributed by atoms with Gasteiger partial charge >= 0.3 is 6.18 Å². The summed E-state index contributed by atoms with van der Waals surface area (Å²) in [7, 11) is -2.99. The fourth-order valence-corrected chi connectivity index (χ4v) is 2.84. The van der Waals surface area contributed by atoms with Gasteiger partial charge in [0.2, 0.25) is 0 Å². The smallest absolute Gasteiger partial charge is 0.327 e. The number of alkyl halides is 3. The molecule has 21 heavy (non-hydrogen) atoms. The fraction of sp³-hybridized carbons (Fsp3) is 0.571. The highest BCUT2D eigenvalue weighted by atomic mass is 32.2. The third-order valence-corrected chi connectivity index (χ3v) is 5.04. The van der Waals surface area contributed by atoms with E-state index >= 15 is 0 Å². The number of sulfone groups is 1. The second-order valence-electron chi connectivity index (χ2n) is 5.04. The van der Waals surface area contributed by atoms with E-state index in [1.54, 1.807) is 6.92 Å². The molecule has 3 nitrogen and oxygen atoms in total. The van der Waals surface area contributed by atoms with Crippen LogP contribution in [0.25, 0.3) is 0 Å². The highest BCUT2D eigenvalue weighted by Gasteiger charge is 2.29. The molecule has 2 N–H and O–H groups in total. The molecule has 0 saturated carbocycles. The summed E-state index contributed by atoms with van der Waals surface area (Å²) in [5.74, 6) is 0.214. The molecular weight excluding hydrogens is 303 g/mol. The lowest BCUT2D eigenvalue weighted by molar-refractivity contribution is -0.137. The van der Waals surface area contributed by atoms with Crippen molar-refractivity contribution in [1.29, 1.82) is 0 Å². The van der Waals surface area contributed by atoms with E-state index in [0.29, 0.717) is 24.8 Å². The molecule has 0 heterocycles. The highest BCUT2D eigenvalue weighted by molar-refractivity contribution is 7.91. The molecule has 1 aromatic carbocycles. The molecule has 0 amide bonds. The van der Waals surface area contributed by atoms with E-state index in [4.69, 9.17) is 5.73 Å². The molecule has 0 aliphatic rings. The van der Waals surface area contributed by atoms with Crippen LogP contribution < -0.4 is 5.73 Å². The lowest BCUT2D eigenvalue weighted by Gasteiger charge is -2.12. The van der Waals surface area contributed by atoms with Gasteiger partial charge in [0.25, 0.3) is 0 Å². The summed E-state index contributed by atoms with van der Waals surface area (Å²) in [6.07, 6.45) is -2.91. The lowest BCUT2D eigenvalue weighted by Crippen LogP contribution is -2.24. The maximum Gasteiger partial charge on any atom is 0.416 e. The average Bonchev–Trinajstić information content (AvgIpc) is 2.38. The number of benzene rings is 1. The van der Waals surface area contributed by atoms with E-state index in [0.717, 1.165) is 12.1 Å². The molecule has 0 aliphatic heterocycles. The predicted octanol–water partition coefficient (Wildman–Crippen LogP) is 2.79. The van der Waals surface area contributed by atoms with Crippen LogP contribution in [0.4, 0.5) is 13.2 Å². The SMILES string of the molecule is CCS(=O)(=O)CCCC(N)Cc1ccc(C(F)(F)F)cc1. The van der Waals surface area contributed by atoms with Crippen LogP contribution >= 0.6 is 0 Å². The molecule has 0 spiro atoms. The van der Waals surface area contributed by atoms with Gasteiger partial charge in [-0.3, -0.25) is 0 Å². The van der Waals surface area contributed by atoms with E-state index in [1.165, 1.54) is 12.1 Å². The van der Waals surface area contributed by atoms with Gasteiger partial charge in [0, 0.05) is 11.8 Å². The van der Waals surface area contributed by atoms with E-state index in [-0.39, 0.29) is 17.5 Å². The summed E-state index contributed by atoms with van der Waals surface area (Å²) in [5.41, 5.74) is 5.91. The van der Waals surface area contributed by atoms with Crippen LogP contribution in [0.2, 0.25) is 0 Å². The van der Waals surface area contributed by atoms with Crippen LogP contribution in [0.5, 0.6) is 0 Å². The summed E-state index contributed by atoms with van der Waals surface area (Å²) < 4.78 is 59.9. The molecule has 1 unspecified atom stereocenters. The first-order valence-electron chi connectivity index (χ1n) is 6.76. The summed E-state index contributed by atoms with van der Waals surface area (Å²) in [6, 6.07) is 4.62. The minimum atomic E-state index is -4.34. The molecule has 0 aliphatic carbocycles. The zero-order chi connectivity index (χ0) is 16.1. The van der Waals surface area contributed by atoms with Gasteiger partial charge in [-0.25, -0.2) is 8.42 Å². The first-order chi connectivity index (χ1) is 9.64. The maximum atomic E-state index is 12.4. The van der Waals surface area contributed by atoms with E-state index < -0.39 is 21.6 Å². The summed E-state index contributed by atoms with van der Waals surface area (Å²) in [5, 5.41) is 0. The van der Waals surface area contributed by atoms with Gasteiger partial charge in [-0.05, 0) is 37.0 Å². The zero-order valence-corrected chi connectivity index (χ0v) is 12.7. The molecule has 1 atom stereocenters. The lowest BCUT2D eigenvalue weighted by atomic mass is 10.0. The third kappa shape index (κ3) is 6.48. The van der Waals surface area contributed by atoms with Crippen LogP contribution in [-0.4, -0.2) is 26.0 Å². The Labute approximate surface area is 123 Å². The predicted molar refractivity (Wildman–Crippen MR) is 76.7 cm³/mol. The number of hydrogen-bond donors (Lipinski definition) is 1. The second-order valence-corrected chi connectivity index (χ2v) is 7.51. The maximum absolute atomic E-state index is 12.4. The Bertz CT molecular complexity index is 538. The standard InChI is InChI=1S/C14H20F3NO2S/c1-2-21(19,20)9-3-4-13(18)10-11-5-7-12(8-6-11)14(15,16)17/h5-8,13H,2-4,9-10,18H2,1H3. The minimum absolute atomic E-state index is 0.101. The summed E-state index contributed by atoms with van der Waals surface area (Å²) in [6.45, 7) is 1.59. The van der Waals surface area contributed by atoms with Crippen molar-refractivity contribution in [3.8, 4) is 0 Å². The van der Waals surface area contributed by atoms with E-state index in [1.807, 2.05) is 0 Å². The number of nitrogens with two attached hydrogens (primary N) is 1. The Hall–Kier alpha value is -1.08. The number of hydrogen-bond acceptors (Lipinski definition) is 3. The molecule has 1 rings (SSSR count). The molecule has 0 bridgehead atoms. The molecular formula is C14H20F3NO2S. The van der Waals surface area contributed by atoms with Crippen molar-refractivity contribution in [1.82, 2.24) is 0 Å². The Balaban J connectivity index is 2.46. The average molecular weight is 323 g/mol. The molecule has 0 saturated heterocycles. The second kappa shape index (κ2) is 7.26. The topological polar surface area (TPSA) is 60.2 Å².